The Morgan fingerprint density at radius 1 is 1.05 bits per heavy atom. The van der Waals surface area contributed by atoms with Gasteiger partial charge in [-0.05, 0) is 35.6 Å². The molecule has 1 atom stereocenters. The number of rotatable bonds is 4. The number of alkyl halides is 1. The fourth-order valence-corrected chi connectivity index (χ4v) is 2.53. The smallest absolute Gasteiger partial charge is 0.129 e. The fraction of sp³-hybridized carbons (Fsp3) is 0.250. The normalized spacial score (nSPS) is 12.4. The third kappa shape index (κ3) is 3.32. The summed E-state index contributed by atoms with van der Waals surface area (Å²) in [5.41, 5.74) is 2.60. The van der Waals surface area contributed by atoms with E-state index in [9.17, 15) is 8.78 Å². The van der Waals surface area contributed by atoms with Crippen LogP contribution in [0, 0.1) is 11.6 Å². The van der Waals surface area contributed by atoms with Crippen LogP contribution < -0.4 is 0 Å². The van der Waals surface area contributed by atoms with Crippen LogP contribution in [0.3, 0.4) is 0 Å². The second-order valence-corrected chi connectivity index (χ2v) is 4.99. The molecule has 0 bridgehead atoms. The highest BCUT2D eigenvalue weighted by molar-refractivity contribution is 6.21. The number of halogens is 3. The van der Waals surface area contributed by atoms with Crippen LogP contribution in [-0.2, 0) is 12.8 Å². The third-order valence-electron chi connectivity index (χ3n) is 3.19. The Bertz CT molecular complexity index is 566. The van der Waals surface area contributed by atoms with Crippen molar-refractivity contribution in [1.82, 2.24) is 0 Å². The van der Waals surface area contributed by atoms with Crippen LogP contribution in [0.4, 0.5) is 8.78 Å². The maximum Gasteiger partial charge on any atom is 0.129 e. The molecule has 0 aliphatic carbocycles. The lowest BCUT2D eigenvalue weighted by atomic mass is 9.98. The van der Waals surface area contributed by atoms with Crippen molar-refractivity contribution in [2.75, 3.05) is 0 Å². The molecular formula is C16H15ClF2. The third-order valence-corrected chi connectivity index (χ3v) is 3.58. The Morgan fingerprint density at radius 3 is 2.47 bits per heavy atom. The summed E-state index contributed by atoms with van der Waals surface area (Å²) in [4.78, 5) is 0. The molecule has 0 aliphatic rings. The Morgan fingerprint density at radius 2 is 1.79 bits per heavy atom. The fourth-order valence-electron chi connectivity index (χ4n) is 2.15. The highest BCUT2D eigenvalue weighted by atomic mass is 35.5. The van der Waals surface area contributed by atoms with Crippen LogP contribution in [0.1, 0.15) is 29.0 Å². The first-order valence-electron chi connectivity index (χ1n) is 6.27. The molecule has 19 heavy (non-hydrogen) atoms. The van der Waals surface area contributed by atoms with Crippen molar-refractivity contribution in [3.63, 3.8) is 0 Å². The van der Waals surface area contributed by atoms with Gasteiger partial charge >= 0.3 is 0 Å². The zero-order chi connectivity index (χ0) is 13.8. The van der Waals surface area contributed by atoms with Crippen molar-refractivity contribution in [3.05, 3.63) is 70.8 Å². The lowest BCUT2D eigenvalue weighted by Crippen LogP contribution is -2.02. The van der Waals surface area contributed by atoms with Gasteiger partial charge < -0.3 is 0 Å². The van der Waals surface area contributed by atoms with Crippen molar-refractivity contribution in [1.29, 1.82) is 0 Å². The summed E-state index contributed by atoms with van der Waals surface area (Å²) in [6.45, 7) is 2.06. The van der Waals surface area contributed by atoms with Gasteiger partial charge in [0.15, 0.2) is 0 Å². The van der Waals surface area contributed by atoms with Gasteiger partial charge in [-0.3, -0.25) is 0 Å². The van der Waals surface area contributed by atoms with E-state index in [2.05, 4.69) is 6.92 Å². The second kappa shape index (κ2) is 6.16. The van der Waals surface area contributed by atoms with E-state index in [1.54, 1.807) is 0 Å². The lowest BCUT2D eigenvalue weighted by molar-refractivity contribution is 0.570. The van der Waals surface area contributed by atoms with E-state index in [1.807, 2.05) is 24.3 Å². The molecule has 0 spiro atoms. The van der Waals surface area contributed by atoms with Gasteiger partial charge in [0.2, 0.25) is 0 Å². The van der Waals surface area contributed by atoms with Crippen LogP contribution in [0.2, 0.25) is 0 Å². The predicted octanol–water partition coefficient (Wildman–Crippen LogP) is 5.05. The Hall–Kier alpha value is -1.41. The van der Waals surface area contributed by atoms with Crippen molar-refractivity contribution in [3.8, 4) is 0 Å². The summed E-state index contributed by atoms with van der Waals surface area (Å²) >= 11 is 6.38. The van der Waals surface area contributed by atoms with Crippen molar-refractivity contribution in [2.24, 2.45) is 0 Å². The van der Waals surface area contributed by atoms with Crippen LogP contribution in [-0.4, -0.2) is 0 Å². The first-order valence-corrected chi connectivity index (χ1v) is 6.71. The first kappa shape index (κ1) is 14.0. The van der Waals surface area contributed by atoms with E-state index < -0.39 is 11.6 Å². The van der Waals surface area contributed by atoms with E-state index in [-0.39, 0.29) is 5.38 Å². The van der Waals surface area contributed by atoms with Gasteiger partial charge in [0.1, 0.15) is 11.6 Å². The van der Waals surface area contributed by atoms with Crippen LogP contribution in [0.15, 0.2) is 42.5 Å². The zero-order valence-electron chi connectivity index (χ0n) is 10.7. The Labute approximate surface area is 117 Å². The summed E-state index contributed by atoms with van der Waals surface area (Å²) in [6, 6.07) is 11.5. The van der Waals surface area contributed by atoms with Gasteiger partial charge in [0.05, 0.1) is 5.38 Å². The van der Waals surface area contributed by atoms with Gasteiger partial charge in [-0.25, -0.2) is 8.78 Å². The highest BCUT2D eigenvalue weighted by Crippen LogP contribution is 2.29. The maximum atomic E-state index is 13.6. The molecule has 0 aliphatic heterocycles. The van der Waals surface area contributed by atoms with Crippen LogP contribution in [0.5, 0.6) is 0 Å². The molecular weight excluding hydrogens is 266 g/mol. The minimum absolute atomic E-state index is 0.309. The van der Waals surface area contributed by atoms with Gasteiger partial charge in [0.25, 0.3) is 0 Å². The lowest BCUT2D eigenvalue weighted by Gasteiger charge is -2.14. The van der Waals surface area contributed by atoms with E-state index >= 15 is 0 Å². The summed E-state index contributed by atoms with van der Waals surface area (Å²) in [6.07, 6.45) is 1.23. The SMILES string of the molecule is CCc1ccccc1C(Cl)Cc1ccc(F)cc1F. The highest BCUT2D eigenvalue weighted by Gasteiger charge is 2.14. The number of benzene rings is 2. The van der Waals surface area contributed by atoms with E-state index in [0.29, 0.717) is 12.0 Å². The van der Waals surface area contributed by atoms with E-state index in [1.165, 1.54) is 12.1 Å². The molecule has 2 aromatic carbocycles. The number of aryl methyl sites for hydroxylation is 1. The number of hydrogen-bond donors (Lipinski definition) is 0. The molecule has 0 aromatic heterocycles. The summed E-state index contributed by atoms with van der Waals surface area (Å²) in [5, 5.41) is -0.309. The minimum Gasteiger partial charge on any atom is -0.207 e. The molecule has 1 unspecified atom stereocenters. The molecule has 0 fully saturated rings. The Balaban J connectivity index is 2.23. The summed E-state index contributed by atoms with van der Waals surface area (Å²) < 4.78 is 26.5. The zero-order valence-corrected chi connectivity index (χ0v) is 11.4. The predicted molar refractivity (Wildman–Crippen MR) is 74.5 cm³/mol. The van der Waals surface area contributed by atoms with Gasteiger partial charge in [0, 0.05) is 6.07 Å². The van der Waals surface area contributed by atoms with Crippen LogP contribution in [0.25, 0.3) is 0 Å². The van der Waals surface area contributed by atoms with Gasteiger partial charge in [-0.15, -0.1) is 11.6 Å². The van der Waals surface area contributed by atoms with Gasteiger partial charge in [-0.1, -0.05) is 37.3 Å². The van der Waals surface area contributed by atoms with Crippen LogP contribution >= 0.6 is 11.6 Å². The van der Waals surface area contributed by atoms with Crippen molar-refractivity contribution in [2.45, 2.75) is 25.1 Å². The molecule has 0 amide bonds. The molecule has 0 heterocycles. The molecule has 100 valence electrons. The standard InChI is InChI=1S/C16H15ClF2/c1-2-11-5-3-4-6-14(11)15(17)9-12-7-8-13(18)10-16(12)19/h3-8,10,15H,2,9H2,1H3. The molecule has 0 saturated heterocycles. The molecule has 0 radical (unpaired) electrons. The van der Waals surface area contributed by atoms with E-state index in [4.69, 9.17) is 11.6 Å². The topological polar surface area (TPSA) is 0 Å². The molecule has 0 saturated carbocycles. The summed E-state index contributed by atoms with van der Waals surface area (Å²) in [7, 11) is 0. The average molecular weight is 281 g/mol. The molecule has 0 N–H and O–H groups in total. The quantitative estimate of drug-likeness (QED) is 0.688. The van der Waals surface area contributed by atoms with E-state index in [0.717, 1.165) is 23.6 Å². The van der Waals surface area contributed by atoms with Crippen molar-refractivity contribution >= 4 is 11.6 Å². The van der Waals surface area contributed by atoms with Gasteiger partial charge in [-0.2, -0.15) is 0 Å². The molecule has 0 nitrogen and oxygen atoms in total. The molecule has 2 rings (SSSR count). The monoisotopic (exact) mass is 280 g/mol. The second-order valence-electron chi connectivity index (χ2n) is 4.46. The average Bonchev–Trinajstić information content (AvgIpc) is 2.41. The first-order chi connectivity index (χ1) is 9.11. The molecule has 3 heteroatoms. The molecule has 2 aromatic rings. The number of hydrogen-bond acceptors (Lipinski definition) is 0. The largest absolute Gasteiger partial charge is 0.207 e. The Kier molecular flexibility index (Phi) is 4.54. The summed E-state index contributed by atoms with van der Waals surface area (Å²) in [5.74, 6) is -1.11. The van der Waals surface area contributed by atoms with Crippen molar-refractivity contribution < 1.29 is 8.78 Å². The minimum atomic E-state index is -0.568. The maximum absolute atomic E-state index is 13.6.